The number of hydrogen-bond acceptors (Lipinski definition) is 5. The number of carboxylic acids is 2. The molecule has 1 heterocycles. The molecular formula is C14H20N4O5. The van der Waals surface area contributed by atoms with Crippen molar-refractivity contribution in [2.24, 2.45) is 10.7 Å². The van der Waals surface area contributed by atoms with Crippen molar-refractivity contribution >= 4 is 23.8 Å². The number of aliphatic carboxylic acids is 2. The highest BCUT2D eigenvalue weighted by atomic mass is 16.4. The highest BCUT2D eigenvalue weighted by Gasteiger charge is 2.00. The summed E-state index contributed by atoms with van der Waals surface area (Å²) in [5.74, 6) is -2.16. The van der Waals surface area contributed by atoms with E-state index in [9.17, 15) is 14.4 Å². The van der Waals surface area contributed by atoms with E-state index in [0.29, 0.717) is 13.0 Å². The largest absolute Gasteiger partial charge is 0.481 e. The van der Waals surface area contributed by atoms with Gasteiger partial charge in [-0.3, -0.25) is 24.7 Å². The van der Waals surface area contributed by atoms with Gasteiger partial charge in [0.25, 0.3) is 0 Å². The molecule has 0 saturated heterocycles. The van der Waals surface area contributed by atoms with Gasteiger partial charge in [-0.25, -0.2) is 4.99 Å². The average molecular weight is 324 g/mol. The smallest absolute Gasteiger partial charge is 0.303 e. The summed E-state index contributed by atoms with van der Waals surface area (Å²) in [7, 11) is 0. The van der Waals surface area contributed by atoms with Crippen LogP contribution in [0.5, 0.6) is 0 Å². The minimum atomic E-state index is -1.08. The van der Waals surface area contributed by atoms with Crippen molar-refractivity contribution in [1.29, 1.82) is 0 Å². The first-order chi connectivity index (χ1) is 10.8. The van der Waals surface area contributed by atoms with Crippen molar-refractivity contribution in [3.05, 3.63) is 30.1 Å². The van der Waals surface area contributed by atoms with Crippen molar-refractivity contribution in [3.8, 4) is 0 Å². The summed E-state index contributed by atoms with van der Waals surface area (Å²) < 4.78 is 0. The number of nitrogens with two attached hydrogens (primary N) is 1. The number of hydrogen-bond donors (Lipinski definition) is 4. The van der Waals surface area contributed by atoms with Gasteiger partial charge in [-0.1, -0.05) is 13.0 Å². The normalized spacial score (nSPS) is 10.2. The predicted molar refractivity (Wildman–Crippen MR) is 82.5 cm³/mol. The zero-order chi connectivity index (χ0) is 17.7. The zero-order valence-corrected chi connectivity index (χ0v) is 12.7. The summed E-state index contributed by atoms with van der Waals surface area (Å²) in [4.78, 5) is 38.3. The lowest BCUT2D eigenvalue weighted by Gasteiger charge is -2.01. The fraction of sp³-hybridized carbons (Fsp3) is 0.357. The fourth-order valence-corrected chi connectivity index (χ4v) is 1.14. The third-order valence-electron chi connectivity index (χ3n) is 2.28. The fourth-order valence-electron chi connectivity index (χ4n) is 1.14. The third kappa shape index (κ3) is 12.5. The van der Waals surface area contributed by atoms with E-state index < -0.39 is 11.9 Å². The van der Waals surface area contributed by atoms with Gasteiger partial charge in [0.1, 0.15) is 0 Å². The second-order valence-electron chi connectivity index (χ2n) is 4.21. The van der Waals surface area contributed by atoms with Crippen LogP contribution >= 0.6 is 0 Å². The SMILES string of the molecule is CCC(=O)NC(N)=NCc1ccccn1.O=C(O)CCC(=O)O. The number of aromatic nitrogens is 1. The maximum Gasteiger partial charge on any atom is 0.303 e. The highest BCUT2D eigenvalue weighted by molar-refractivity contribution is 5.95. The molecule has 9 nitrogen and oxygen atoms in total. The van der Waals surface area contributed by atoms with E-state index in [2.05, 4.69) is 15.3 Å². The van der Waals surface area contributed by atoms with E-state index >= 15 is 0 Å². The zero-order valence-electron chi connectivity index (χ0n) is 12.7. The van der Waals surface area contributed by atoms with Crippen LogP contribution in [0.15, 0.2) is 29.4 Å². The van der Waals surface area contributed by atoms with E-state index in [1.807, 2.05) is 18.2 Å². The molecule has 1 rings (SSSR count). The first-order valence-electron chi connectivity index (χ1n) is 6.78. The summed E-state index contributed by atoms with van der Waals surface area (Å²) in [6.45, 7) is 2.12. The van der Waals surface area contributed by atoms with Crippen LogP contribution in [0.25, 0.3) is 0 Å². The monoisotopic (exact) mass is 324 g/mol. The molecule has 0 saturated carbocycles. The number of carboxylic acid groups (broad SMARTS) is 2. The lowest BCUT2D eigenvalue weighted by Crippen LogP contribution is -2.36. The van der Waals surface area contributed by atoms with Gasteiger partial charge in [-0.05, 0) is 12.1 Å². The molecule has 0 bridgehead atoms. The van der Waals surface area contributed by atoms with E-state index in [-0.39, 0.29) is 24.7 Å². The number of carbonyl (C=O) groups excluding carboxylic acids is 1. The van der Waals surface area contributed by atoms with Crippen LogP contribution in [0.1, 0.15) is 31.9 Å². The number of rotatable bonds is 6. The van der Waals surface area contributed by atoms with Crippen molar-refractivity contribution in [1.82, 2.24) is 10.3 Å². The minimum Gasteiger partial charge on any atom is -0.481 e. The van der Waals surface area contributed by atoms with Crippen LogP contribution in [-0.2, 0) is 20.9 Å². The molecule has 0 atom stereocenters. The molecule has 1 amide bonds. The number of carbonyl (C=O) groups is 3. The first kappa shape index (κ1) is 20.0. The van der Waals surface area contributed by atoms with Crippen LogP contribution in [0, 0.1) is 0 Å². The molecule has 0 aliphatic rings. The minimum absolute atomic E-state index is 0.132. The number of amides is 1. The van der Waals surface area contributed by atoms with Crippen molar-refractivity contribution in [3.63, 3.8) is 0 Å². The summed E-state index contributed by atoms with van der Waals surface area (Å²) in [6.07, 6.45) is 1.48. The molecule has 1 aromatic rings. The molecule has 9 heteroatoms. The number of pyridine rings is 1. The van der Waals surface area contributed by atoms with Gasteiger partial charge < -0.3 is 15.9 Å². The van der Waals surface area contributed by atoms with Crippen LogP contribution in [0.3, 0.4) is 0 Å². The molecule has 23 heavy (non-hydrogen) atoms. The van der Waals surface area contributed by atoms with E-state index in [1.54, 1.807) is 13.1 Å². The van der Waals surface area contributed by atoms with E-state index in [0.717, 1.165) is 5.69 Å². The Morgan fingerprint density at radius 2 is 1.83 bits per heavy atom. The Hall–Kier alpha value is -2.97. The Balaban J connectivity index is 0.000000515. The molecule has 0 spiro atoms. The molecule has 0 unspecified atom stereocenters. The van der Waals surface area contributed by atoms with E-state index in [4.69, 9.17) is 15.9 Å². The average Bonchev–Trinajstić information content (AvgIpc) is 2.52. The number of nitrogens with zero attached hydrogens (tertiary/aromatic N) is 2. The highest BCUT2D eigenvalue weighted by Crippen LogP contribution is 1.94. The van der Waals surface area contributed by atoms with Gasteiger partial charge in [-0.2, -0.15) is 0 Å². The Bertz CT molecular complexity index is 531. The summed E-state index contributed by atoms with van der Waals surface area (Å²) in [6, 6.07) is 5.55. The van der Waals surface area contributed by atoms with Crippen LogP contribution in [0.2, 0.25) is 0 Å². The molecule has 126 valence electrons. The van der Waals surface area contributed by atoms with Gasteiger partial charge in [-0.15, -0.1) is 0 Å². The van der Waals surface area contributed by atoms with Gasteiger partial charge in [0.2, 0.25) is 5.91 Å². The molecule has 0 radical (unpaired) electrons. The van der Waals surface area contributed by atoms with Gasteiger partial charge >= 0.3 is 11.9 Å². The Labute approximate surface area is 133 Å². The van der Waals surface area contributed by atoms with Crippen molar-refractivity contribution < 1.29 is 24.6 Å². The van der Waals surface area contributed by atoms with Crippen LogP contribution in [-0.4, -0.2) is 39.0 Å². The number of aliphatic imine (C=N–C) groups is 1. The predicted octanol–water partition coefficient (Wildman–Crippen LogP) is 0.358. The topological polar surface area (TPSA) is 155 Å². The van der Waals surface area contributed by atoms with Crippen LogP contribution < -0.4 is 11.1 Å². The molecule has 1 aromatic heterocycles. The Morgan fingerprint density at radius 3 is 2.26 bits per heavy atom. The molecule has 0 aromatic carbocycles. The number of nitrogens with one attached hydrogen (secondary N) is 1. The van der Waals surface area contributed by atoms with Crippen molar-refractivity contribution in [2.75, 3.05) is 0 Å². The maximum atomic E-state index is 10.9. The standard InChI is InChI=1S/C10H14N4O.C4H6O4/c1-2-9(15)14-10(11)13-7-8-5-3-4-6-12-8;5-3(6)1-2-4(7)8/h3-6H,2,7H2,1H3,(H3,11,13,14,15);1-2H2,(H,5,6)(H,7,8). The second-order valence-corrected chi connectivity index (χ2v) is 4.21. The van der Waals surface area contributed by atoms with Gasteiger partial charge in [0, 0.05) is 12.6 Å². The number of guanidine groups is 1. The molecule has 0 aliphatic carbocycles. The van der Waals surface area contributed by atoms with Crippen molar-refractivity contribution in [2.45, 2.75) is 32.7 Å². The Kier molecular flexibility index (Phi) is 10.2. The summed E-state index contributed by atoms with van der Waals surface area (Å²) in [5, 5.41) is 18.3. The molecule has 5 N–H and O–H groups in total. The lowest BCUT2D eigenvalue weighted by molar-refractivity contribution is -0.143. The van der Waals surface area contributed by atoms with E-state index in [1.165, 1.54) is 0 Å². The second kappa shape index (κ2) is 11.7. The quantitative estimate of drug-likeness (QED) is 0.435. The Morgan fingerprint density at radius 1 is 1.22 bits per heavy atom. The first-order valence-corrected chi connectivity index (χ1v) is 6.78. The molecule has 0 fully saturated rings. The lowest BCUT2D eigenvalue weighted by atomic mass is 10.3. The summed E-state index contributed by atoms with van der Waals surface area (Å²) >= 11 is 0. The molecule has 0 aliphatic heterocycles. The maximum absolute atomic E-state index is 10.9. The summed E-state index contributed by atoms with van der Waals surface area (Å²) in [5.41, 5.74) is 6.30. The third-order valence-corrected chi connectivity index (χ3v) is 2.28. The van der Waals surface area contributed by atoms with Gasteiger partial charge in [0.05, 0.1) is 25.1 Å². The molecular weight excluding hydrogens is 304 g/mol. The van der Waals surface area contributed by atoms with Gasteiger partial charge in [0.15, 0.2) is 5.96 Å². The van der Waals surface area contributed by atoms with Crippen LogP contribution in [0.4, 0.5) is 0 Å².